The molecule has 0 amide bonds. The molecule has 1 unspecified atom stereocenters. The van der Waals surface area contributed by atoms with Crippen LogP contribution in [0.15, 0.2) is 36.4 Å². The molecule has 0 aliphatic carbocycles. The van der Waals surface area contributed by atoms with E-state index in [1.807, 2.05) is 0 Å². The average molecular weight is 455 g/mol. The van der Waals surface area contributed by atoms with E-state index in [1.165, 1.54) is 6.07 Å². The molecule has 0 saturated heterocycles. The predicted octanol–water partition coefficient (Wildman–Crippen LogP) is 6.94. The summed E-state index contributed by atoms with van der Waals surface area (Å²) in [6.07, 6.45) is -8.56. The first kappa shape index (κ1) is 23.9. The summed E-state index contributed by atoms with van der Waals surface area (Å²) in [4.78, 5) is 11.6. The van der Waals surface area contributed by atoms with E-state index < -0.39 is 42.2 Å². The summed E-state index contributed by atoms with van der Waals surface area (Å²) in [5, 5.41) is 9.22. The molecule has 0 aliphatic heterocycles. The van der Waals surface area contributed by atoms with E-state index in [9.17, 15) is 36.2 Å². The van der Waals surface area contributed by atoms with Gasteiger partial charge in [0.2, 0.25) is 0 Å². The Morgan fingerprint density at radius 1 is 1.10 bits per heavy atom. The van der Waals surface area contributed by atoms with E-state index in [1.54, 1.807) is 6.92 Å². The van der Waals surface area contributed by atoms with Gasteiger partial charge < -0.3 is 9.84 Å². The van der Waals surface area contributed by atoms with E-state index in [0.29, 0.717) is 6.42 Å². The van der Waals surface area contributed by atoms with Gasteiger partial charge in [0.15, 0.2) is 6.61 Å². The zero-order valence-corrected chi connectivity index (χ0v) is 16.3. The van der Waals surface area contributed by atoms with Crippen LogP contribution in [0.25, 0.3) is 11.1 Å². The highest BCUT2D eigenvalue weighted by Crippen LogP contribution is 2.41. The highest BCUT2D eigenvalue weighted by atomic mass is 35.5. The Balaban J connectivity index is 2.59. The molecule has 0 fully saturated rings. The van der Waals surface area contributed by atoms with Crippen molar-refractivity contribution in [2.45, 2.75) is 38.0 Å². The van der Waals surface area contributed by atoms with Crippen molar-refractivity contribution in [3.05, 3.63) is 52.5 Å². The van der Waals surface area contributed by atoms with Crippen LogP contribution in [0.2, 0.25) is 5.02 Å². The topological polar surface area (TPSA) is 46.5 Å². The zero-order chi connectivity index (χ0) is 22.7. The fraction of sp³-hybridized carbons (Fsp3) is 0.350. The second kappa shape index (κ2) is 9.16. The molecule has 0 saturated carbocycles. The second-order valence-corrected chi connectivity index (χ2v) is 6.92. The molecular weight excluding hydrogens is 438 g/mol. The SMILES string of the molecule is CCCC(C(=O)O)c1cc(OCC(F)(F)F)c(Cl)c(-c2ccc(C(F)(F)F)cc2)c1. The smallest absolute Gasteiger partial charge is 0.422 e. The van der Waals surface area contributed by atoms with Gasteiger partial charge in [-0.15, -0.1) is 0 Å². The van der Waals surface area contributed by atoms with Crippen molar-refractivity contribution in [1.29, 1.82) is 0 Å². The molecule has 0 aliphatic rings. The van der Waals surface area contributed by atoms with E-state index in [0.717, 1.165) is 30.3 Å². The molecule has 2 aromatic carbocycles. The summed E-state index contributed by atoms with van der Waals surface area (Å²) in [6.45, 7) is 0.0812. The van der Waals surface area contributed by atoms with Crippen molar-refractivity contribution in [1.82, 2.24) is 0 Å². The Kier molecular flexibility index (Phi) is 7.28. The number of alkyl halides is 6. The van der Waals surface area contributed by atoms with Crippen LogP contribution in [-0.4, -0.2) is 23.9 Å². The van der Waals surface area contributed by atoms with Crippen LogP contribution in [0, 0.1) is 0 Å². The largest absolute Gasteiger partial charge is 0.483 e. The zero-order valence-electron chi connectivity index (χ0n) is 15.6. The first-order valence-electron chi connectivity index (χ1n) is 8.77. The van der Waals surface area contributed by atoms with Gasteiger partial charge in [0, 0.05) is 5.56 Å². The highest BCUT2D eigenvalue weighted by Gasteiger charge is 2.31. The maximum absolute atomic E-state index is 12.8. The summed E-state index contributed by atoms with van der Waals surface area (Å²) in [6, 6.07) is 6.29. The number of carbonyl (C=O) groups is 1. The number of rotatable bonds is 7. The van der Waals surface area contributed by atoms with Crippen molar-refractivity contribution in [2.24, 2.45) is 0 Å². The molecule has 2 rings (SSSR count). The number of aliphatic carboxylic acids is 1. The molecule has 3 nitrogen and oxygen atoms in total. The van der Waals surface area contributed by atoms with Gasteiger partial charge in [0.25, 0.3) is 0 Å². The van der Waals surface area contributed by atoms with Crippen molar-refractivity contribution in [2.75, 3.05) is 6.61 Å². The molecule has 0 spiro atoms. The summed E-state index contributed by atoms with van der Waals surface area (Å²) in [5.41, 5.74) is -0.531. The molecule has 2 aromatic rings. The van der Waals surface area contributed by atoms with Crippen LogP contribution in [0.3, 0.4) is 0 Å². The number of hydrogen-bond acceptors (Lipinski definition) is 2. The fourth-order valence-corrected chi connectivity index (χ4v) is 3.13. The van der Waals surface area contributed by atoms with Crippen LogP contribution in [0.1, 0.15) is 36.8 Å². The van der Waals surface area contributed by atoms with Crippen LogP contribution in [0.4, 0.5) is 26.3 Å². The second-order valence-electron chi connectivity index (χ2n) is 6.54. The summed E-state index contributed by atoms with van der Waals surface area (Å²) < 4.78 is 80.9. The highest BCUT2D eigenvalue weighted by molar-refractivity contribution is 6.34. The van der Waals surface area contributed by atoms with Crippen molar-refractivity contribution >= 4 is 17.6 Å². The number of carboxylic acids is 1. The summed E-state index contributed by atoms with van der Waals surface area (Å²) >= 11 is 6.17. The molecule has 0 radical (unpaired) electrons. The number of benzene rings is 2. The number of ether oxygens (including phenoxy) is 1. The van der Waals surface area contributed by atoms with Crippen LogP contribution >= 0.6 is 11.6 Å². The monoisotopic (exact) mass is 454 g/mol. The van der Waals surface area contributed by atoms with E-state index in [-0.39, 0.29) is 28.1 Å². The summed E-state index contributed by atoms with van der Waals surface area (Å²) in [5.74, 6) is -2.64. The van der Waals surface area contributed by atoms with Gasteiger partial charge in [-0.1, -0.05) is 37.1 Å². The molecule has 30 heavy (non-hydrogen) atoms. The lowest BCUT2D eigenvalue weighted by molar-refractivity contribution is -0.153. The molecule has 1 N–H and O–H groups in total. The Morgan fingerprint density at radius 2 is 1.70 bits per heavy atom. The van der Waals surface area contributed by atoms with E-state index >= 15 is 0 Å². The third kappa shape index (κ3) is 6.04. The van der Waals surface area contributed by atoms with Gasteiger partial charge in [-0.2, -0.15) is 26.3 Å². The standard InChI is InChI=1S/C20H17ClF6O3/c1-2-3-14(18(28)29)12-8-15(11-4-6-13(7-5-11)20(25,26)27)17(21)16(9-12)30-10-19(22,23)24/h4-9,14H,2-3,10H2,1H3,(H,28,29). The number of carboxylic acid groups (broad SMARTS) is 1. The lowest BCUT2D eigenvalue weighted by atomic mass is 9.91. The Bertz CT molecular complexity index is 891. The van der Waals surface area contributed by atoms with Gasteiger partial charge in [0.05, 0.1) is 16.5 Å². The van der Waals surface area contributed by atoms with E-state index in [2.05, 4.69) is 0 Å². The Hall–Kier alpha value is -2.42. The molecular formula is C20H17ClF6O3. The average Bonchev–Trinajstić information content (AvgIpc) is 2.64. The third-order valence-electron chi connectivity index (χ3n) is 4.25. The number of hydrogen-bond donors (Lipinski definition) is 1. The van der Waals surface area contributed by atoms with Gasteiger partial charge in [0.1, 0.15) is 5.75 Å². The van der Waals surface area contributed by atoms with Gasteiger partial charge in [-0.05, 0) is 41.8 Å². The minimum Gasteiger partial charge on any atom is -0.483 e. The van der Waals surface area contributed by atoms with Crippen LogP contribution in [0.5, 0.6) is 5.75 Å². The predicted molar refractivity (Wildman–Crippen MR) is 98.7 cm³/mol. The van der Waals surface area contributed by atoms with Gasteiger partial charge >= 0.3 is 18.3 Å². The van der Waals surface area contributed by atoms with Crippen molar-refractivity contribution < 1.29 is 41.0 Å². The fourth-order valence-electron chi connectivity index (χ4n) is 2.86. The van der Waals surface area contributed by atoms with Crippen LogP contribution in [-0.2, 0) is 11.0 Å². The van der Waals surface area contributed by atoms with Crippen LogP contribution < -0.4 is 4.74 Å². The third-order valence-corrected chi connectivity index (χ3v) is 4.64. The molecule has 164 valence electrons. The van der Waals surface area contributed by atoms with Crippen molar-refractivity contribution in [3.63, 3.8) is 0 Å². The van der Waals surface area contributed by atoms with Gasteiger partial charge in [-0.3, -0.25) is 4.79 Å². The molecule has 0 aromatic heterocycles. The minimum absolute atomic E-state index is 0.0717. The maximum atomic E-state index is 12.8. The molecule has 0 bridgehead atoms. The minimum atomic E-state index is -4.66. The van der Waals surface area contributed by atoms with E-state index in [4.69, 9.17) is 16.3 Å². The first-order valence-corrected chi connectivity index (χ1v) is 9.14. The Morgan fingerprint density at radius 3 is 2.17 bits per heavy atom. The number of halogens is 7. The molecule has 10 heteroatoms. The Labute approximate surface area is 173 Å². The quantitative estimate of drug-likeness (QED) is 0.461. The first-order chi connectivity index (χ1) is 13.8. The van der Waals surface area contributed by atoms with Gasteiger partial charge in [-0.25, -0.2) is 0 Å². The maximum Gasteiger partial charge on any atom is 0.422 e. The lowest BCUT2D eigenvalue weighted by Gasteiger charge is -2.19. The molecule has 0 heterocycles. The molecule has 1 atom stereocenters. The van der Waals surface area contributed by atoms with Crippen molar-refractivity contribution in [3.8, 4) is 16.9 Å². The normalized spacial score (nSPS) is 13.2. The summed E-state index contributed by atoms with van der Waals surface area (Å²) in [7, 11) is 0. The lowest BCUT2D eigenvalue weighted by Crippen LogP contribution is -2.20.